The van der Waals surface area contributed by atoms with Crippen molar-refractivity contribution in [2.75, 3.05) is 20.6 Å². The number of rotatable bonds is 5. The molecule has 2 aromatic carbocycles. The van der Waals surface area contributed by atoms with Crippen LogP contribution in [0, 0.1) is 17.8 Å². The maximum atomic E-state index is 12.4. The summed E-state index contributed by atoms with van der Waals surface area (Å²) in [6.45, 7) is 2.94. The molecule has 148 valence electrons. The van der Waals surface area contributed by atoms with Crippen molar-refractivity contribution < 1.29 is 9.63 Å². The molecule has 2 aliphatic rings. The molecule has 5 heteroatoms. The van der Waals surface area contributed by atoms with E-state index < -0.39 is 6.09 Å². The number of carbonyl (C=O) groups excluding carboxylic acids is 1. The van der Waals surface area contributed by atoms with Crippen molar-refractivity contribution in [3.63, 3.8) is 0 Å². The van der Waals surface area contributed by atoms with Crippen LogP contribution < -0.4 is 5.32 Å². The van der Waals surface area contributed by atoms with Gasteiger partial charge in [-0.15, -0.1) is 0 Å². The molecular weight excluding hydrogens is 350 g/mol. The third-order valence-corrected chi connectivity index (χ3v) is 6.26. The fraction of sp³-hybridized carbons (Fsp3) is 0.478. The molecule has 0 heterocycles. The largest absolute Gasteiger partial charge is 0.433 e. The van der Waals surface area contributed by atoms with Gasteiger partial charge in [-0.1, -0.05) is 47.6 Å². The zero-order valence-electron chi connectivity index (χ0n) is 16.9. The van der Waals surface area contributed by atoms with Gasteiger partial charge in [0.15, 0.2) is 0 Å². The van der Waals surface area contributed by atoms with E-state index in [0.717, 1.165) is 28.6 Å². The van der Waals surface area contributed by atoms with Crippen LogP contribution in [0.4, 0.5) is 4.79 Å². The Hall–Kier alpha value is -2.40. The van der Waals surface area contributed by atoms with Gasteiger partial charge in [-0.3, -0.25) is 4.84 Å². The topological polar surface area (TPSA) is 53.9 Å². The van der Waals surface area contributed by atoms with Crippen molar-refractivity contribution in [2.45, 2.75) is 32.2 Å². The van der Waals surface area contributed by atoms with E-state index in [-0.39, 0.29) is 6.04 Å². The molecule has 0 radical (unpaired) electrons. The average molecular weight is 380 g/mol. The zero-order chi connectivity index (χ0) is 19.7. The van der Waals surface area contributed by atoms with Crippen LogP contribution in [0.25, 0.3) is 10.8 Å². The lowest BCUT2D eigenvalue weighted by Gasteiger charge is -2.26. The molecule has 0 aliphatic heterocycles. The highest BCUT2D eigenvalue weighted by Gasteiger charge is 2.45. The van der Waals surface area contributed by atoms with Crippen molar-refractivity contribution in [3.8, 4) is 0 Å². The Morgan fingerprint density at radius 1 is 1.21 bits per heavy atom. The summed E-state index contributed by atoms with van der Waals surface area (Å²) in [5.74, 6) is 1.59. The SMILES string of the molecule is CC(NC(=O)O/N=C1\C2CCC(C2)C1CN(C)C)c1cccc2ccccc12. The molecule has 2 aliphatic carbocycles. The summed E-state index contributed by atoms with van der Waals surface area (Å²) in [6.07, 6.45) is 3.14. The van der Waals surface area contributed by atoms with Crippen LogP contribution >= 0.6 is 0 Å². The van der Waals surface area contributed by atoms with Gasteiger partial charge in [0, 0.05) is 18.4 Å². The first kappa shape index (κ1) is 18.9. The molecule has 2 bridgehead atoms. The molecule has 4 rings (SSSR count). The van der Waals surface area contributed by atoms with Gasteiger partial charge in [-0.2, -0.15) is 0 Å². The molecule has 28 heavy (non-hydrogen) atoms. The molecular formula is C23H29N3O2. The van der Waals surface area contributed by atoms with E-state index >= 15 is 0 Å². The summed E-state index contributed by atoms with van der Waals surface area (Å²) in [4.78, 5) is 19.9. The molecule has 2 fully saturated rings. The summed E-state index contributed by atoms with van der Waals surface area (Å²) in [5, 5.41) is 9.57. The minimum absolute atomic E-state index is 0.156. The van der Waals surface area contributed by atoms with E-state index in [4.69, 9.17) is 4.84 Å². The van der Waals surface area contributed by atoms with Gasteiger partial charge in [0.25, 0.3) is 0 Å². The van der Waals surface area contributed by atoms with Crippen LogP contribution in [-0.4, -0.2) is 37.3 Å². The molecule has 0 aromatic heterocycles. The van der Waals surface area contributed by atoms with Gasteiger partial charge in [-0.25, -0.2) is 4.79 Å². The standard InChI is InChI=1S/C23H29N3O2/c1-15(19-10-6-8-16-7-4-5-9-20(16)19)24-23(27)28-25-22-18-12-11-17(13-18)21(22)14-26(2)3/h4-10,15,17-18,21H,11-14H2,1-3H3,(H,24,27)/b25-22+. The third-order valence-electron chi connectivity index (χ3n) is 6.26. The van der Waals surface area contributed by atoms with Crippen LogP contribution in [0.1, 0.15) is 37.8 Å². The van der Waals surface area contributed by atoms with Crippen LogP contribution in [0.3, 0.4) is 0 Å². The quantitative estimate of drug-likeness (QED) is 0.611. The number of carbonyl (C=O) groups is 1. The molecule has 5 nitrogen and oxygen atoms in total. The van der Waals surface area contributed by atoms with Gasteiger partial charge in [0.05, 0.1) is 11.8 Å². The zero-order valence-corrected chi connectivity index (χ0v) is 16.9. The summed E-state index contributed by atoms with van der Waals surface area (Å²) in [7, 11) is 4.17. The number of fused-ring (bicyclic) bond motifs is 3. The normalized spacial score (nSPS) is 26.1. The maximum absolute atomic E-state index is 12.4. The van der Waals surface area contributed by atoms with Gasteiger partial charge in [-0.05, 0) is 62.5 Å². The Balaban J connectivity index is 1.43. The van der Waals surface area contributed by atoms with Crippen molar-refractivity contribution in [1.82, 2.24) is 10.2 Å². The van der Waals surface area contributed by atoms with Crippen LogP contribution in [0.2, 0.25) is 0 Å². The lowest BCUT2D eigenvalue weighted by atomic mass is 9.87. The summed E-state index contributed by atoms with van der Waals surface area (Å²) < 4.78 is 0. The number of nitrogens with one attached hydrogen (secondary N) is 1. The first-order valence-corrected chi connectivity index (χ1v) is 10.2. The highest BCUT2D eigenvalue weighted by atomic mass is 16.7. The Morgan fingerprint density at radius 3 is 2.82 bits per heavy atom. The van der Waals surface area contributed by atoms with Gasteiger partial charge >= 0.3 is 6.09 Å². The summed E-state index contributed by atoms with van der Waals surface area (Å²) in [5.41, 5.74) is 2.16. The predicted octanol–water partition coefficient (Wildman–Crippen LogP) is 4.59. The average Bonchev–Trinajstić information content (AvgIpc) is 3.27. The van der Waals surface area contributed by atoms with Gasteiger partial charge in [0.2, 0.25) is 0 Å². The lowest BCUT2D eigenvalue weighted by molar-refractivity contribution is 0.145. The van der Waals surface area contributed by atoms with Crippen molar-refractivity contribution in [2.24, 2.45) is 22.9 Å². The highest BCUT2D eigenvalue weighted by molar-refractivity contribution is 5.92. The van der Waals surface area contributed by atoms with E-state index in [9.17, 15) is 4.79 Å². The van der Waals surface area contributed by atoms with E-state index in [1.54, 1.807) is 0 Å². The molecule has 1 amide bonds. The van der Waals surface area contributed by atoms with Crippen LogP contribution in [0.15, 0.2) is 47.6 Å². The molecule has 1 N–H and O–H groups in total. The lowest BCUT2D eigenvalue weighted by Crippen LogP contribution is -2.33. The maximum Gasteiger partial charge on any atom is 0.433 e. The second-order valence-corrected chi connectivity index (χ2v) is 8.47. The van der Waals surface area contributed by atoms with E-state index in [1.165, 1.54) is 19.3 Å². The fourth-order valence-corrected chi connectivity index (χ4v) is 4.98. The third kappa shape index (κ3) is 3.76. The molecule has 4 atom stereocenters. The molecule has 0 spiro atoms. The molecule has 2 aromatic rings. The predicted molar refractivity (Wildman–Crippen MR) is 112 cm³/mol. The Morgan fingerprint density at radius 2 is 2.00 bits per heavy atom. The van der Waals surface area contributed by atoms with Gasteiger partial charge in [0.1, 0.15) is 0 Å². The first-order chi connectivity index (χ1) is 13.5. The van der Waals surface area contributed by atoms with Crippen LogP contribution in [-0.2, 0) is 4.84 Å². The second kappa shape index (κ2) is 7.92. The minimum Gasteiger partial charge on any atom is -0.313 e. The van der Waals surface area contributed by atoms with Crippen molar-refractivity contribution >= 4 is 22.6 Å². The van der Waals surface area contributed by atoms with E-state index in [2.05, 4.69) is 47.7 Å². The van der Waals surface area contributed by atoms with Crippen molar-refractivity contribution in [1.29, 1.82) is 0 Å². The summed E-state index contributed by atoms with van der Waals surface area (Å²) >= 11 is 0. The number of nitrogens with zero attached hydrogens (tertiary/aromatic N) is 2. The number of hydrogen-bond donors (Lipinski definition) is 1. The number of amides is 1. The Kier molecular flexibility index (Phi) is 5.36. The second-order valence-electron chi connectivity index (χ2n) is 8.47. The van der Waals surface area contributed by atoms with Crippen molar-refractivity contribution in [3.05, 3.63) is 48.0 Å². The molecule has 4 unspecified atom stereocenters. The fourth-order valence-electron chi connectivity index (χ4n) is 4.98. The molecule has 2 saturated carbocycles. The Bertz CT molecular complexity index is 887. The number of hydrogen-bond acceptors (Lipinski definition) is 4. The smallest absolute Gasteiger partial charge is 0.313 e. The van der Waals surface area contributed by atoms with E-state index in [1.807, 2.05) is 31.2 Å². The van der Waals surface area contributed by atoms with E-state index in [0.29, 0.717) is 17.8 Å². The molecule has 0 saturated heterocycles. The van der Waals surface area contributed by atoms with Crippen LogP contribution in [0.5, 0.6) is 0 Å². The number of oxime groups is 1. The summed E-state index contributed by atoms with van der Waals surface area (Å²) in [6, 6.07) is 14.2. The Labute approximate surface area is 166 Å². The van der Waals surface area contributed by atoms with Gasteiger partial charge < -0.3 is 10.2 Å². The first-order valence-electron chi connectivity index (χ1n) is 10.2. The number of benzene rings is 2. The minimum atomic E-state index is -0.487. The monoisotopic (exact) mass is 379 g/mol. The highest BCUT2D eigenvalue weighted by Crippen LogP contribution is 2.46.